The summed E-state index contributed by atoms with van der Waals surface area (Å²) in [5.74, 6) is 0. The van der Waals surface area contributed by atoms with E-state index in [1.807, 2.05) is 36.4 Å². The number of rotatable bonds is 3. The Hall–Kier alpha value is -1.88. The molecule has 0 spiro atoms. The summed E-state index contributed by atoms with van der Waals surface area (Å²) in [6.45, 7) is 0.615. The van der Waals surface area contributed by atoms with Gasteiger partial charge in [0.15, 0.2) is 0 Å². The zero-order chi connectivity index (χ0) is 12.4. The highest BCUT2D eigenvalue weighted by atomic mass is 79.9. The molecule has 3 rings (SSSR count). The van der Waals surface area contributed by atoms with Crippen LogP contribution in [0, 0.1) is 0 Å². The summed E-state index contributed by atoms with van der Waals surface area (Å²) in [5.41, 5.74) is 2.79. The van der Waals surface area contributed by atoms with Crippen molar-refractivity contribution in [1.82, 2.24) is 10.1 Å². The number of pyridine rings is 1. The smallest absolute Gasteiger partial charge is 0.124 e. The minimum atomic E-state index is 0.615. The Morgan fingerprint density at radius 3 is 2.94 bits per heavy atom. The van der Waals surface area contributed by atoms with E-state index in [2.05, 4.69) is 31.4 Å². The van der Waals surface area contributed by atoms with Crippen LogP contribution in [0.15, 0.2) is 51.8 Å². The van der Waals surface area contributed by atoms with Crippen LogP contribution < -0.4 is 5.32 Å². The molecule has 3 aromatic rings. The van der Waals surface area contributed by atoms with Crippen LogP contribution in [0.5, 0.6) is 0 Å². The molecular weight excluding hydrogens is 294 g/mol. The van der Waals surface area contributed by atoms with Crippen molar-refractivity contribution in [3.8, 4) is 0 Å². The molecule has 4 nitrogen and oxygen atoms in total. The number of para-hydroxylation sites is 1. The fourth-order valence-corrected chi connectivity index (χ4v) is 2.09. The van der Waals surface area contributed by atoms with Gasteiger partial charge in [0.2, 0.25) is 0 Å². The minimum absolute atomic E-state index is 0.615. The van der Waals surface area contributed by atoms with Gasteiger partial charge in [-0.1, -0.05) is 23.4 Å². The van der Waals surface area contributed by atoms with Crippen LogP contribution in [-0.2, 0) is 6.54 Å². The van der Waals surface area contributed by atoms with Gasteiger partial charge in [-0.2, -0.15) is 0 Å². The van der Waals surface area contributed by atoms with Gasteiger partial charge in [-0.25, -0.2) is 4.98 Å². The van der Waals surface area contributed by atoms with Gasteiger partial charge < -0.3 is 9.84 Å². The third kappa shape index (κ3) is 2.22. The van der Waals surface area contributed by atoms with Crippen LogP contribution in [0.25, 0.3) is 10.9 Å². The molecule has 5 heteroatoms. The van der Waals surface area contributed by atoms with Crippen LogP contribution >= 0.6 is 15.9 Å². The molecule has 1 N–H and O–H groups in total. The Bertz CT molecular complexity index is 667. The second-order valence-corrected chi connectivity index (χ2v) is 4.67. The molecule has 2 heterocycles. The van der Waals surface area contributed by atoms with Crippen molar-refractivity contribution in [3.05, 3.63) is 53.0 Å². The maximum Gasteiger partial charge on any atom is 0.124 e. The van der Waals surface area contributed by atoms with Gasteiger partial charge in [-0.05, 0) is 28.1 Å². The molecule has 0 saturated heterocycles. The molecule has 0 aliphatic heterocycles. The third-order valence-electron chi connectivity index (χ3n) is 2.64. The number of fused-ring (bicyclic) bond motifs is 1. The summed E-state index contributed by atoms with van der Waals surface area (Å²) in [6, 6.07) is 11.8. The van der Waals surface area contributed by atoms with Crippen LogP contribution in [-0.4, -0.2) is 10.1 Å². The first kappa shape index (κ1) is 11.2. The highest BCUT2D eigenvalue weighted by Crippen LogP contribution is 2.23. The van der Waals surface area contributed by atoms with E-state index in [1.165, 1.54) is 0 Å². The van der Waals surface area contributed by atoms with E-state index >= 15 is 0 Å². The molecule has 0 radical (unpaired) electrons. The highest BCUT2D eigenvalue weighted by Gasteiger charge is 2.03. The Labute approximate surface area is 112 Å². The number of hydrogen-bond acceptors (Lipinski definition) is 4. The standard InChI is InChI=1S/C13H10BrN3O/c14-12-5-4-9-2-1-3-11(13(9)16-12)15-8-10-6-7-18-17-10/h1-7,15H,8H2. The lowest BCUT2D eigenvalue weighted by atomic mass is 10.2. The second-order valence-electron chi connectivity index (χ2n) is 3.86. The molecule has 0 amide bonds. The number of aromatic nitrogens is 2. The average molecular weight is 304 g/mol. The lowest BCUT2D eigenvalue weighted by Crippen LogP contribution is -2.00. The molecule has 0 bridgehead atoms. The molecule has 0 unspecified atom stereocenters. The maximum atomic E-state index is 4.80. The van der Waals surface area contributed by atoms with Gasteiger partial charge in [0, 0.05) is 11.5 Å². The Morgan fingerprint density at radius 2 is 2.11 bits per heavy atom. The Morgan fingerprint density at radius 1 is 1.17 bits per heavy atom. The van der Waals surface area contributed by atoms with Crippen molar-refractivity contribution < 1.29 is 4.52 Å². The van der Waals surface area contributed by atoms with Gasteiger partial charge in [0.25, 0.3) is 0 Å². The summed E-state index contributed by atoms with van der Waals surface area (Å²) < 4.78 is 5.62. The molecular formula is C13H10BrN3O. The van der Waals surface area contributed by atoms with E-state index in [0.29, 0.717) is 6.54 Å². The second kappa shape index (κ2) is 4.78. The highest BCUT2D eigenvalue weighted by molar-refractivity contribution is 9.10. The number of anilines is 1. The third-order valence-corrected chi connectivity index (χ3v) is 3.08. The number of benzene rings is 1. The van der Waals surface area contributed by atoms with E-state index in [4.69, 9.17) is 4.52 Å². The first-order valence-electron chi connectivity index (χ1n) is 5.51. The number of nitrogens with zero attached hydrogens (tertiary/aromatic N) is 2. The number of hydrogen-bond donors (Lipinski definition) is 1. The van der Waals surface area contributed by atoms with E-state index in [9.17, 15) is 0 Å². The molecule has 2 aromatic heterocycles. The maximum absolute atomic E-state index is 4.80. The van der Waals surface area contributed by atoms with E-state index in [0.717, 1.165) is 26.9 Å². The van der Waals surface area contributed by atoms with Crippen molar-refractivity contribution in [2.75, 3.05) is 5.32 Å². The molecule has 0 atom stereocenters. The number of nitrogens with one attached hydrogen (secondary N) is 1. The van der Waals surface area contributed by atoms with Gasteiger partial charge in [0.1, 0.15) is 16.6 Å². The van der Waals surface area contributed by atoms with Crippen LogP contribution in [0.1, 0.15) is 5.69 Å². The van der Waals surface area contributed by atoms with Crippen LogP contribution in [0.3, 0.4) is 0 Å². The Balaban J connectivity index is 1.93. The van der Waals surface area contributed by atoms with Crippen molar-refractivity contribution in [3.63, 3.8) is 0 Å². The zero-order valence-corrected chi connectivity index (χ0v) is 11.0. The Kier molecular flexibility index (Phi) is 2.98. The first-order valence-corrected chi connectivity index (χ1v) is 6.30. The molecule has 0 saturated carbocycles. The van der Waals surface area contributed by atoms with Gasteiger partial charge in [0.05, 0.1) is 17.7 Å². The van der Waals surface area contributed by atoms with Crippen molar-refractivity contribution in [2.45, 2.75) is 6.54 Å². The van der Waals surface area contributed by atoms with Gasteiger partial charge >= 0.3 is 0 Å². The fourth-order valence-electron chi connectivity index (χ4n) is 1.78. The van der Waals surface area contributed by atoms with Gasteiger partial charge in [-0.3, -0.25) is 0 Å². The quantitative estimate of drug-likeness (QED) is 0.751. The average Bonchev–Trinajstić information content (AvgIpc) is 2.89. The summed E-state index contributed by atoms with van der Waals surface area (Å²) in [5, 5.41) is 8.27. The van der Waals surface area contributed by atoms with Crippen LogP contribution in [0.2, 0.25) is 0 Å². The first-order chi connectivity index (χ1) is 8.83. The van der Waals surface area contributed by atoms with Crippen LogP contribution in [0.4, 0.5) is 5.69 Å². The van der Waals surface area contributed by atoms with Crippen molar-refractivity contribution in [1.29, 1.82) is 0 Å². The zero-order valence-electron chi connectivity index (χ0n) is 9.43. The predicted molar refractivity (Wildman–Crippen MR) is 73.3 cm³/mol. The summed E-state index contributed by atoms with van der Waals surface area (Å²) in [4.78, 5) is 4.49. The molecule has 0 fully saturated rings. The normalized spacial score (nSPS) is 10.7. The topological polar surface area (TPSA) is 51.0 Å². The molecule has 18 heavy (non-hydrogen) atoms. The molecule has 0 aliphatic rings. The SMILES string of the molecule is Brc1ccc2cccc(NCc3ccon3)c2n1. The summed E-state index contributed by atoms with van der Waals surface area (Å²) in [6.07, 6.45) is 1.56. The summed E-state index contributed by atoms with van der Waals surface area (Å²) >= 11 is 3.39. The fraction of sp³-hybridized carbons (Fsp3) is 0.0769. The lowest BCUT2D eigenvalue weighted by molar-refractivity contribution is 0.412. The minimum Gasteiger partial charge on any atom is -0.377 e. The monoisotopic (exact) mass is 303 g/mol. The van der Waals surface area contributed by atoms with Gasteiger partial charge in [-0.15, -0.1) is 0 Å². The predicted octanol–water partition coefficient (Wildman–Crippen LogP) is 3.60. The van der Waals surface area contributed by atoms with E-state index in [1.54, 1.807) is 6.26 Å². The molecule has 0 aliphatic carbocycles. The molecule has 1 aromatic carbocycles. The molecule has 90 valence electrons. The van der Waals surface area contributed by atoms with E-state index in [-0.39, 0.29) is 0 Å². The van der Waals surface area contributed by atoms with Crippen molar-refractivity contribution >= 4 is 32.5 Å². The lowest BCUT2D eigenvalue weighted by Gasteiger charge is -2.07. The van der Waals surface area contributed by atoms with E-state index < -0.39 is 0 Å². The number of halogens is 1. The van der Waals surface area contributed by atoms with Crippen molar-refractivity contribution in [2.24, 2.45) is 0 Å². The summed E-state index contributed by atoms with van der Waals surface area (Å²) in [7, 11) is 0. The largest absolute Gasteiger partial charge is 0.377 e.